The lowest BCUT2D eigenvalue weighted by Gasteiger charge is -2.13. The van der Waals surface area contributed by atoms with Gasteiger partial charge in [-0.1, -0.05) is 6.07 Å². The lowest BCUT2D eigenvalue weighted by molar-refractivity contribution is -0.116. The van der Waals surface area contributed by atoms with Gasteiger partial charge in [-0.3, -0.25) is 9.59 Å². The zero-order valence-corrected chi connectivity index (χ0v) is 17.3. The molecule has 0 aliphatic heterocycles. The summed E-state index contributed by atoms with van der Waals surface area (Å²) in [5, 5.41) is 0.205. The molecule has 1 aliphatic rings. The Labute approximate surface area is 175 Å². The van der Waals surface area contributed by atoms with E-state index in [4.69, 9.17) is 9.15 Å². The molecule has 1 saturated carbocycles. The van der Waals surface area contributed by atoms with Crippen LogP contribution in [0.1, 0.15) is 47.4 Å². The van der Waals surface area contributed by atoms with Crippen molar-refractivity contribution in [3.63, 3.8) is 0 Å². The summed E-state index contributed by atoms with van der Waals surface area (Å²) in [6.45, 7) is 1.46. The summed E-state index contributed by atoms with van der Waals surface area (Å²) < 4.78 is 40.3. The summed E-state index contributed by atoms with van der Waals surface area (Å²) in [6.07, 6.45) is 2.21. The highest BCUT2D eigenvalue weighted by atomic mass is 32.2. The number of methoxy groups -OCH3 is 1. The van der Waals surface area contributed by atoms with Gasteiger partial charge in [-0.25, -0.2) is 4.39 Å². The van der Waals surface area contributed by atoms with Gasteiger partial charge in [-0.05, 0) is 55.0 Å². The van der Waals surface area contributed by atoms with E-state index in [-0.39, 0.29) is 33.8 Å². The summed E-state index contributed by atoms with van der Waals surface area (Å²) in [7, 11) is 1.42. The van der Waals surface area contributed by atoms with Crippen LogP contribution in [0, 0.1) is 5.82 Å². The average Bonchev–Trinajstić information content (AvgIpc) is 3.46. The van der Waals surface area contributed by atoms with Crippen LogP contribution in [-0.4, -0.2) is 23.4 Å². The normalized spacial score (nSPS) is 14.5. The topological polar surface area (TPSA) is 91.6 Å². The molecular formula is C22H20FNO5S. The maximum Gasteiger partial charge on any atom is 0.328 e. The number of furan rings is 1. The highest BCUT2D eigenvalue weighted by Gasteiger charge is 2.27. The molecule has 1 atom stereocenters. The second kappa shape index (κ2) is 8.12. The fraction of sp³-hybridized carbons (Fsp3) is 0.273. The fourth-order valence-electron chi connectivity index (χ4n) is 3.33. The van der Waals surface area contributed by atoms with Crippen molar-refractivity contribution in [1.82, 2.24) is 4.72 Å². The maximum atomic E-state index is 14.4. The molecule has 1 N–H and O–H groups in total. The average molecular weight is 429 g/mol. The Bertz CT molecular complexity index is 1140. The first kappa shape index (κ1) is 20.4. The number of carbonyl (C=O) groups is 2. The van der Waals surface area contributed by atoms with Crippen molar-refractivity contribution >= 4 is 34.0 Å². The third-order valence-corrected chi connectivity index (χ3v) is 6.04. The molecule has 3 aromatic rings. The van der Waals surface area contributed by atoms with Crippen molar-refractivity contribution in [2.45, 2.75) is 37.0 Å². The molecule has 2 aromatic carbocycles. The smallest absolute Gasteiger partial charge is 0.328 e. The lowest BCUT2D eigenvalue weighted by atomic mass is 10.1. The number of benzene rings is 2. The molecule has 1 unspecified atom stereocenters. The Morgan fingerprint density at radius 2 is 2.03 bits per heavy atom. The third kappa shape index (κ3) is 4.20. The van der Waals surface area contributed by atoms with Crippen molar-refractivity contribution in [1.29, 1.82) is 0 Å². The molecular weight excluding hydrogens is 409 g/mol. The van der Waals surface area contributed by atoms with Gasteiger partial charge < -0.3 is 13.7 Å². The Hall–Kier alpha value is -2.84. The van der Waals surface area contributed by atoms with Gasteiger partial charge in [0.1, 0.15) is 28.5 Å². The molecule has 1 fully saturated rings. The number of nitrogens with one attached hydrogen (secondary N) is 1. The van der Waals surface area contributed by atoms with Crippen LogP contribution >= 0.6 is 0 Å². The number of amides is 1. The van der Waals surface area contributed by atoms with Gasteiger partial charge in [0.15, 0.2) is 11.5 Å². The zero-order chi connectivity index (χ0) is 21.4. The second-order valence-electron chi connectivity index (χ2n) is 7.36. The van der Waals surface area contributed by atoms with Crippen LogP contribution in [0.2, 0.25) is 0 Å². The van der Waals surface area contributed by atoms with Crippen LogP contribution in [0.25, 0.3) is 11.0 Å². The molecule has 6 nitrogen and oxygen atoms in total. The molecule has 0 spiro atoms. The van der Waals surface area contributed by atoms with E-state index >= 15 is 0 Å². The minimum absolute atomic E-state index is 0.0456. The molecule has 0 radical (unpaired) electrons. The quantitative estimate of drug-likeness (QED) is 0.572. The number of hydrogen-bond donors (Lipinski definition) is 1. The van der Waals surface area contributed by atoms with E-state index < -0.39 is 23.1 Å². The van der Waals surface area contributed by atoms with Crippen molar-refractivity contribution in [3.8, 4) is 5.75 Å². The first-order chi connectivity index (χ1) is 14.4. The minimum atomic E-state index is -1.97. The summed E-state index contributed by atoms with van der Waals surface area (Å²) in [6, 6.07) is 9.36. The van der Waals surface area contributed by atoms with Crippen LogP contribution in [0.3, 0.4) is 0 Å². The summed E-state index contributed by atoms with van der Waals surface area (Å²) in [5.74, 6) is -0.716. The highest BCUT2D eigenvalue weighted by Crippen LogP contribution is 2.41. The number of fused-ring (bicyclic) bond motifs is 1. The molecule has 1 aliphatic carbocycles. The number of hydrogen-bond acceptors (Lipinski definition) is 5. The van der Waals surface area contributed by atoms with Gasteiger partial charge in [0.2, 0.25) is 4.90 Å². The Balaban J connectivity index is 1.57. The molecule has 8 heteroatoms. The number of halogens is 1. The van der Waals surface area contributed by atoms with E-state index in [1.807, 2.05) is 0 Å². The van der Waals surface area contributed by atoms with Gasteiger partial charge >= 0.3 is 5.91 Å². The van der Waals surface area contributed by atoms with Gasteiger partial charge in [-0.15, -0.1) is 0 Å². The molecule has 30 heavy (non-hydrogen) atoms. The Morgan fingerprint density at radius 3 is 2.70 bits per heavy atom. The predicted molar refractivity (Wildman–Crippen MR) is 109 cm³/mol. The molecule has 0 bridgehead atoms. The highest BCUT2D eigenvalue weighted by molar-refractivity contribution is 7.90. The number of ether oxygens (including phenoxy) is 1. The zero-order valence-electron chi connectivity index (χ0n) is 16.5. The minimum Gasteiger partial charge on any atom is -0.588 e. The van der Waals surface area contributed by atoms with Crippen LogP contribution in [-0.2, 0) is 22.6 Å². The monoisotopic (exact) mass is 429 g/mol. The van der Waals surface area contributed by atoms with Crippen molar-refractivity contribution < 1.29 is 27.7 Å². The molecule has 1 aromatic heterocycles. The summed E-state index contributed by atoms with van der Waals surface area (Å²) in [4.78, 5) is 24.2. The van der Waals surface area contributed by atoms with Crippen LogP contribution in [0.5, 0.6) is 5.75 Å². The molecule has 1 amide bonds. The van der Waals surface area contributed by atoms with Gasteiger partial charge in [0.05, 0.1) is 12.5 Å². The maximum absolute atomic E-state index is 14.4. The number of ketones is 1. The first-order valence-corrected chi connectivity index (χ1v) is 10.6. The van der Waals surface area contributed by atoms with E-state index in [9.17, 15) is 18.5 Å². The van der Waals surface area contributed by atoms with Gasteiger partial charge in [-0.2, -0.15) is 4.72 Å². The lowest BCUT2D eigenvalue weighted by Crippen LogP contribution is -2.30. The fourth-order valence-corrected chi connectivity index (χ4v) is 4.30. The molecule has 156 valence electrons. The SMILES string of the molecule is COc1ccc(CC(C)=O)cc1[S+]([O-])NC(=O)c1cc2c(F)cc(C3CC3)cc2o1. The van der Waals surface area contributed by atoms with Crippen LogP contribution in [0.4, 0.5) is 4.39 Å². The van der Waals surface area contributed by atoms with Gasteiger partial charge in [0, 0.05) is 18.6 Å². The predicted octanol–water partition coefficient (Wildman–Crippen LogP) is 4.04. The Morgan fingerprint density at radius 1 is 1.27 bits per heavy atom. The Kier molecular flexibility index (Phi) is 5.53. The molecule has 0 saturated heterocycles. The molecule has 1 heterocycles. The molecule has 4 rings (SSSR count). The number of carbonyl (C=O) groups excluding carboxylic acids is 2. The van der Waals surface area contributed by atoms with Crippen LogP contribution < -0.4 is 9.46 Å². The third-order valence-electron chi connectivity index (χ3n) is 4.95. The van der Waals surface area contributed by atoms with Crippen molar-refractivity contribution in [2.24, 2.45) is 0 Å². The van der Waals surface area contributed by atoms with E-state index in [2.05, 4.69) is 4.72 Å². The van der Waals surface area contributed by atoms with E-state index in [0.717, 1.165) is 18.4 Å². The number of rotatable bonds is 7. The summed E-state index contributed by atoms with van der Waals surface area (Å²) >= 11 is -1.97. The second-order valence-corrected chi connectivity index (χ2v) is 8.54. The number of Topliss-reactive ketones (excluding diaryl/α,β-unsaturated/α-hetero) is 1. The first-order valence-electron chi connectivity index (χ1n) is 9.48. The van der Waals surface area contributed by atoms with Crippen LogP contribution in [0.15, 0.2) is 45.7 Å². The van der Waals surface area contributed by atoms with E-state index in [1.165, 1.54) is 26.2 Å². The van der Waals surface area contributed by atoms with Crippen molar-refractivity contribution in [3.05, 3.63) is 59.1 Å². The van der Waals surface area contributed by atoms with E-state index in [0.29, 0.717) is 17.2 Å². The standard InChI is InChI=1S/C22H20FNO5S/c1-12(25)7-13-3-6-18(28-2)21(8-13)30(27)24-22(26)20-11-16-17(23)9-15(14-4-5-14)10-19(16)29-20/h3,6,8-11,14H,4-5,7H2,1-2H3,(H,24,26). The van der Waals surface area contributed by atoms with Gasteiger partial charge in [0.25, 0.3) is 0 Å². The van der Waals surface area contributed by atoms with E-state index in [1.54, 1.807) is 24.3 Å². The van der Waals surface area contributed by atoms with Crippen molar-refractivity contribution in [2.75, 3.05) is 7.11 Å². The summed E-state index contributed by atoms with van der Waals surface area (Å²) in [5.41, 5.74) is 1.80. The largest absolute Gasteiger partial charge is 0.588 e.